The Morgan fingerprint density at radius 3 is 2.41 bits per heavy atom. The molecule has 0 N–H and O–H groups in total. The Bertz CT molecular complexity index is 654. The SMILES string of the molecule is Cc1c(C(F)(F)F)c2c(C)nsc2n(C)c1=O. The van der Waals surface area contributed by atoms with E-state index in [1.165, 1.54) is 25.5 Å². The van der Waals surface area contributed by atoms with Gasteiger partial charge >= 0.3 is 6.18 Å². The van der Waals surface area contributed by atoms with Gasteiger partial charge in [0.05, 0.1) is 11.3 Å². The normalized spacial score (nSPS) is 12.4. The Morgan fingerprint density at radius 2 is 1.88 bits per heavy atom. The smallest absolute Gasteiger partial charge is 0.301 e. The molecule has 0 radical (unpaired) electrons. The highest BCUT2D eigenvalue weighted by molar-refractivity contribution is 7.13. The molecule has 0 aliphatic rings. The summed E-state index contributed by atoms with van der Waals surface area (Å²) in [5.74, 6) is 0. The summed E-state index contributed by atoms with van der Waals surface area (Å²) in [5.41, 5.74) is -1.47. The van der Waals surface area contributed by atoms with Crippen molar-refractivity contribution in [2.45, 2.75) is 20.0 Å². The van der Waals surface area contributed by atoms with E-state index in [0.29, 0.717) is 5.69 Å². The second-order valence-corrected chi connectivity index (χ2v) is 4.56. The van der Waals surface area contributed by atoms with Crippen molar-refractivity contribution in [3.05, 3.63) is 27.2 Å². The molecule has 2 aromatic rings. The Balaban J connectivity index is 3.10. The van der Waals surface area contributed by atoms with Crippen LogP contribution in [0, 0.1) is 13.8 Å². The van der Waals surface area contributed by atoms with Gasteiger partial charge in [0.2, 0.25) is 0 Å². The molecule has 17 heavy (non-hydrogen) atoms. The minimum absolute atomic E-state index is 0.0297. The zero-order chi connectivity index (χ0) is 13.0. The average Bonchev–Trinajstić information content (AvgIpc) is 2.56. The van der Waals surface area contributed by atoms with Crippen LogP contribution in [0.3, 0.4) is 0 Å². The minimum atomic E-state index is -4.54. The Hall–Kier alpha value is -1.37. The van der Waals surface area contributed by atoms with Gasteiger partial charge in [0.1, 0.15) is 4.83 Å². The predicted molar refractivity (Wildman–Crippen MR) is 59.3 cm³/mol. The van der Waals surface area contributed by atoms with Gasteiger partial charge in [-0.15, -0.1) is 0 Å². The fraction of sp³-hybridized carbons (Fsp3) is 0.400. The Labute approximate surface area is 98.7 Å². The molecule has 0 unspecified atom stereocenters. The summed E-state index contributed by atoms with van der Waals surface area (Å²) in [6, 6.07) is 0. The highest BCUT2D eigenvalue weighted by atomic mass is 32.1. The van der Waals surface area contributed by atoms with E-state index in [9.17, 15) is 18.0 Å². The van der Waals surface area contributed by atoms with Gasteiger partial charge in [0, 0.05) is 18.0 Å². The van der Waals surface area contributed by atoms with Crippen LogP contribution in [0.4, 0.5) is 13.2 Å². The minimum Gasteiger partial charge on any atom is -0.301 e. The molecular formula is C10H9F3N2OS. The largest absolute Gasteiger partial charge is 0.417 e. The lowest BCUT2D eigenvalue weighted by Gasteiger charge is -2.13. The first-order chi connectivity index (χ1) is 7.75. The molecule has 3 nitrogen and oxygen atoms in total. The van der Waals surface area contributed by atoms with Gasteiger partial charge in [-0.2, -0.15) is 17.5 Å². The molecule has 0 fully saturated rings. The zero-order valence-electron chi connectivity index (χ0n) is 9.34. The van der Waals surface area contributed by atoms with Crippen LogP contribution in [-0.4, -0.2) is 8.94 Å². The van der Waals surface area contributed by atoms with E-state index in [2.05, 4.69) is 4.37 Å². The van der Waals surface area contributed by atoms with Crippen molar-refractivity contribution in [1.82, 2.24) is 8.94 Å². The molecule has 0 atom stereocenters. The van der Waals surface area contributed by atoms with Crippen LogP contribution < -0.4 is 5.56 Å². The standard InChI is InChI=1S/C10H9F3N2OS/c1-4-7(10(11,12)13)6-5(2)14-17-9(6)15(3)8(4)16/h1-3H3. The van der Waals surface area contributed by atoms with E-state index in [1.54, 1.807) is 0 Å². The average molecular weight is 262 g/mol. The molecule has 2 heterocycles. The third-order valence-electron chi connectivity index (χ3n) is 2.68. The maximum absolute atomic E-state index is 13.0. The first-order valence-corrected chi connectivity index (χ1v) is 5.55. The third kappa shape index (κ3) is 1.65. The molecular weight excluding hydrogens is 253 g/mol. The first-order valence-electron chi connectivity index (χ1n) is 4.78. The summed E-state index contributed by atoms with van der Waals surface area (Å²) >= 11 is 0.907. The number of fused-ring (bicyclic) bond motifs is 1. The number of aromatic nitrogens is 2. The fourth-order valence-electron chi connectivity index (χ4n) is 1.87. The molecule has 2 rings (SSSR count). The zero-order valence-corrected chi connectivity index (χ0v) is 10.2. The molecule has 0 saturated heterocycles. The summed E-state index contributed by atoms with van der Waals surface area (Å²) in [5, 5.41) is 0.0297. The fourth-order valence-corrected chi connectivity index (χ4v) is 2.73. The van der Waals surface area contributed by atoms with Crippen molar-refractivity contribution in [1.29, 1.82) is 0 Å². The molecule has 0 spiro atoms. The number of nitrogens with zero attached hydrogens (tertiary/aromatic N) is 2. The third-order valence-corrected chi connectivity index (χ3v) is 3.70. The number of pyridine rings is 1. The van der Waals surface area contributed by atoms with Crippen LogP contribution in [0.15, 0.2) is 4.79 Å². The van der Waals surface area contributed by atoms with Gasteiger partial charge < -0.3 is 4.57 Å². The number of hydrogen-bond donors (Lipinski definition) is 0. The van der Waals surface area contributed by atoms with Crippen LogP contribution in [0.5, 0.6) is 0 Å². The molecule has 0 aliphatic heterocycles. The van der Waals surface area contributed by atoms with Crippen molar-refractivity contribution in [3.8, 4) is 0 Å². The van der Waals surface area contributed by atoms with Gasteiger partial charge in [-0.3, -0.25) is 4.79 Å². The topological polar surface area (TPSA) is 34.9 Å². The predicted octanol–water partition coefficient (Wildman–Crippen LogP) is 2.63. The van der Waals surface area contributed by atoms with Crippen LogP contribution in [-0.2, 0) is 13.2 Å². The molecule has 92 valence electrons. The summed E-state index contributed by atoms with van der Waals surface area (Å²) in [7, 11) is 1.45. The Kier molecular flexibility index (Phi) is 2.53. The second kappa shape index (κ2) is 3.56. The maximum Gasteiger partial charge on any atom is 0.417 e. The van der Waals surface area contributed by atoms with Crippen LogP contribution in [0.1, 0.15) is 16.8 Å². The van der Waals surface area contributed by atoms with Crippen molar-refractivity contribution >= 4 is 21.7 Å². The van der Waals surface area contributed by atoms with E-state index in [4.69, 9.17) is 0 Å². The summed E-state index contributed by atoms with van der Waals surface area (Å²) in [4.78, 5) is 12.0. The summed E-state index contributed by atoms with van der Waals surface area (Å²) in [6.45, 7) is 2.71. The number of alkyl halides is 3. The number of rotatable bonds is 0. The molecule has 7 heteroatoms. The van der Waals surface area contributed by atoms with Crippen LogP contribution >= 0.6 is 11.5 Å². The van der Waals surface area contributed by atoms with E-state index >= 15 is 0 Å². The first kappa shape index (κ1) is 12.1. The highest BCUT2D eigenvalue weighted by Crippen LogP contribution is 2.38. The monoisotopic (exact) mass is 262 g/mol. The summed E-state index contributed by atoms with van der Waals surface area (Å²) in [6.07, 6.45) is -4.54. The molecule has 2 aromatic heterocycles. The molecule has 0 bridgehead atoms. The highest BCUT2D eigenvalue weighted by Gasteiger charge is 2.37. The second-order valence-electron chi connectivity index (χ2n) is 3.81. The summed E-state index contributed by atoms with van der Waals surface area (Å²) < 4.78 is 44.0. The molecule has 0 amide bonds. The maximum atomic E-state index is 13.0. The quantitative estimate of drug-likeness (QED) is 0.731. The number of hydrogen-bond acceptors (Lipinski definition) is 3. The number of halogens is 3. The molecule has 0 aromatic carbocycles. The van der Waals surface area contributed by atoms with E-state index < -0.39 is 17.3 Å². The lowest BCUT2D eigenvalue weighted by molar-refractivity contribution is -0.136. The molecule has 0 aliphatic carbocycles. The number of aryl methyl sites for hydroxylation is 2. The van der Waals surface area contributed by atoms with Crippen molar-refractivity contribution in [3.63, 3.8) is 0 Å². The van der Waals surface area contributed by atoms with Gasteiger partial charge in [-0.05, 0) is 25.4 Å². The van der Waals surface area contributed by atoms with E-state index in [0.717, 1.165) is 11.5 Å². The van der Waals surface area contributed by atoms with Crippen molar-refractivity contribution < 1.29 is 13.2 Å². The lowest BCUT2D eigenvalue weighted by atomic mass is 10.1. The van der Waals surface area contributed by atoms with Gasteiger partial charge in [-0.25, -0.2) is 0 Å². The lowest BCUT2D eigenvalue weighted by Crippen LogP contribution is -2.24. The van der Waals surface area contributed by atoms with E-state index in [1.807, 2.05) is 0 Å². The molecule has 0 saturated carbocycles. The van der Waals surface area contributed by atoms with Gasteiger partial charge in [-0.1, -0.05) is 0 Å². The van der Waals surface area contributed by atoms with Crippen LogP contribution in [0.2, 0.25) is 0 Å². The van der Waals surface area contributed by atoms with Crippen molar-refractivity contribution in [2.24, 2.45) is 7.05 Å². The Morgan fingerprint density at radius 1 is 1.29 bits per heavy atom. The van der Waals surface area contributed by atoms with Gasteiger partial charge in [0.15, 0.2) is 0 Å². The van der Waals surface area contributed by atoms with Crippen LogP contribution in [0.25, 0.3) is 10.2 Å². The van der Waals surface area contributed by atoms with Crippen molar-refractivity contribution in [2.75, 3.05) is 0 Å². The van der Waals surface area contributed by atoms with Gasteiger partial charge in [0.25, 0.3) is 5.56 Å². The van der Waals surface area contributed by atoms with E-state index in [-0.39, 0.29) is 15.8 Å².